The molecule has 3 aromatic rings. The van der Waals surface area contributed by atoms with Crippen LogP contribution in [0.5, 0.6) is 0 Å². The Morgan fingerprint density at radius 1 is 1.08 bits per heavy atom. The molecule has 0 unspecified atom stereocenters. The van der Waals surface area contributed by atoms with E-state index in [9.17, 15) is 4.79 Å². The monoisotopic (exact) mass is 349 g/mol. The predicted molar refractivity (Wildman–Crippen MR) is 96.5 cm³/mol. The van der Waals surface area contributed by atoms with Crippen LogP contribution in [0.3, 0.4) is 0 Å². The van der Waals surface area contributed by atoms with Crippen molar-refractivity contribution in [2.75, 3.05) is 32.8 Å². The highest BCUT2D eigenvalue weighted by molar-refractivity contribution is 5.85. The molecule has 4 rings (SSSR count). The molecule has 0 radical (unpaired) electrons. The van der Waals surface area contributed by atoms with E-state index in [-0.39, 0.29) is 12.2 Å². The van der Waals surface area contributed by atoms with Gasteiger partial charge in [0.15, 0.2) is 5.78 Å². The first-order valence-electron chi connectivity index (χ1n) is 8.62. The number of morpholine rings is 1. The maximum atomic E-state index is 12.3. The Hall–Kier alpha value is -2.77. The molecular formula is C19H19N5O2. The molecule has 7 nitrogen and oxygen atoms in total. The van der Waals surface area contributed by atoms with Gasteiger partial charge in [-0.25, -0.2) is 9.97 Å². The third-order valence-corrected chi connectivity index (χ3v) is 4.41. The zero-order chi connectivity index (χ0) is 17.8. The van der Waals surface area contributed by atoms with Gasteiger partial charge in [-0.3, -0.25) is 9.69 Å². The number of aromatic nitrogens is 4. The van der Waals surface area contributed by atoms with Crippen LogP contribution in [0.1, 0.15) is 5.82 Å². The third-order valence-electron chi connectivity index (χ3n) is 4.41. The molecule has 7 heteroatoms. The largest absolute Gasteiger partial charge is 0.379 e. The van der Waals surface area contributed by atoms with Gasteiger partial charge in [0.25, 0.3) is 0 Å². The van der Waals surface area contributed by atoms with Gasteiger partial charge in [0.1, 0.15) is 5.82 Å². The molecule has 0 amide bonds. The van der Waals surface area contributed by atoms with Gasteiger partial charge >= 0.3 is 0 Å². The van der Waals surface area contributed by atoms with Gasteiger partial charge in [-0.2, -0.15) is 10.2 Å². The first-order chi connectivity index (χ1) is 12.8. The van der Waals surface area contributed by atoms with E-state index in [0.717, 1.165) is 35.1 Å². The van der Waals surface area contributed by atoms with Crippen LogP contribution in [0, 0.1) is 0 Å². The minimum atomic E-state index is 0.126. The SMILES string of the molecule is O=C(Cc1ncc2ccc(-c3ccnnc3)cc2n1)CN1CCOCC1. The number of fused-ring (bicyclic) bond motifs is 1. The summed E-state index contributed by atoms with van der Waals surface area (Å²) in [7, 11) is 0. The molecule has 0 N–H and O–H groups in total. The second-order valence-corrected chi connectivity index (χ2v) is 6.29. The Labute approximate surface area is 151 Å². The summed E-state index contributed by atoms with van der Waals surface area (Å²) in [4.78, 5) is 23.4. The topological polar surface area (TPSA) is 81.1 Å². The number of hydrogen-bond acceptors (Lipinski definition) is 7. The third kappa shape index (κ3) is 3.89. The molecule has 2 aromatic heterocycles. The van der Waals surface area contributed by atoms with Gasteiger partial charge in [-0.05, 0) is 17.7 Å². The Morgan fingerprint density at radius 3 is 2.77 bits per heavy atom. The summed E-state index contributed by atoms with van der Waals surface area (Å²) in [5, 5.41) is 8.66. The number of carbonyl (C=O) groups is 1. The Morgan fingerprint density at radius 2 is 1.96 bits per heavy atom. The van der Waals surface area contributed by atoms with Crippen LogP contribution in [-0.4, -0.2) is 63.7 Å². The van der Waals surface area contributed by atoms with Crippen molar-refractivity contribution in [1.82, 2.24) is 25.1 Å². The average Bonchev–Trinajstić information content (AvgIpc) is 2.69. The highest BCUT2D eigenvalue weighted by atomic mass is 16.5. The molecule has 1 aliphatic rings. The van der Waals surface area contributed by atoms with Crippen molar-refractivity contribution in [1.29, 1.82) is 0 Å². The fraction of sp³-hybridized carbons (Fsp3) is 0.316. The van der Waals surface area contributed by atoms with Crippen molar-refractivity contribution in [2.24, 2.45) is 0 Å². The first kappa shape index (κ1) is 16.7. The number of ketones is 1. The van der Waals surface area contributed by atoms with Crippen molar-refractivity contribution in [3.05, 3.63) is 48.7 Å². The first-order valence-corrected chi connectivity index (χ1v) is 8.62. The van der Waals surface area contributed by atoms with Crippen LogP contribution >= 0.6 is 0 Å². The van der Waals surface area contributed by atoms with Crippen LogP contribution in [0.15, 0.2) is 42.9 Å². The molecule has 0 saturated carbocycles. The lowest BCUT2D eigenvalue weighted by Crippen LogP contribution is -2.40. The lowest BCUT2D eigenvalue weighted by Gasteiger charge is -2.25. The molecule has 0 atom stereocenters. The Bertz CT molecular complexity index is 910. The maximum absolute atomic E-state index is 12.3. The van der Waals surface area contributed by atoms with Gasteiger partial charge in [0.2, 0.25) is 0 Å². The minimum Gasteiger partial charge on any atom is -0.379 e. The van der Waals surface area contributed by atoms with Crippen LogP contribution in [-0.2, 0) is 16.0 Å². The average molecular weight is 349 g/mol. The second kappa shape index (κ2) is 7.63. The van der Waals surface area contributed by atoms with Gasteiger partial charge < -0.3 is 4.74 Å². The summed E-state index contributed by atoms with van der Waals surface area (Å²) < 4.78 is 5.31. The van der Waals surface area contributed by atoms with Crippen molar-refractivity contribution >= 4 is 16.7 Å². The summed E-state index contributed by atoms with van der Waals surface area (Å²) in [6, 6.07) is 7.88. The highest BCUT2D eigenvalue weighted by Gasteiger charge is 2.15. The van der Waals surface area contributed by atoms with E-state index >= 15 is 0 Å². The summed E-state index contributed by atoms with van der Waals surface area (Å²) >= 11 is 0. The standard InChI is InChI=1S/C19H19N5O2/c25-17(13-24-5-7-26-8-6-24)10-19-20-11-16-2-1-14(9-18(16)23-19)15-3-4-21-22-12-15/h1-4,9,11-12H,5-8,10,13H2. The summed E-state index contributed by atoms with van der Waals surface area (Å²) in [5.74, 6) is 0.682. The van der Waals surface area contributed by atoms with Crippen LogP contribution in [0.2, 0.25) is 0 Å². The Balaban J connectivity index is 1.51. The summed E-state index contributed by atoms with van der Waals surface area (Å²) in [6.07, 6.45) is 5.40. The molecular weight excluding hydrogens is 330 g/mol. The number of ether oxygens (including phenoxy) is 1. The van der Waals surface area contributed by atoms with Gasteiger partial charge in [-0.15, -0.1) is 0 Å². The zero-order valence-corrected chi connectivity index (χ0v) is 14.3. The van der Waals surface area contributed by atoms with E-state index < -0.39 is 0 Å². The number of nitrogens with zero attached hydrogens (tertiary/aromatic N) is 5. The fourth-order valence-electron chi connectivity index (χ4n) is 3.03. The maximum Gasteiger partial charge on any atom is 0.154 e. The van der Waals surface area contributed by atoms with Crippen molar-refractivity contribution in [3.8, 4) is 11.1 Å². The molecule has 1 saturated heterocycles. The van der Waals surface area contributed by atoms with E-state index in [1.807, 2.05) is 24.3 Å². The molecule has 1 aliphatic heterocycles. The number of Topliss-reactive ketones (excluding diaryl/α,β-unsaturated/α-hetero) is 1. The van der Waals surface area contributed by atoms with Gasteiger partial charge in [-0.1, -0.05) is 12.1 Å². The molecule has 26 heavy (non-hydrogen) atoms. The van der Waals surface area contributed by atoms with Crippen molar-refractivity contribution < 1.29 is 9.53 Å². The van der Waals surface area contributed by atoms with E-state index in [1.54, 1.807) is 18.6 Å². The van der Waals surface area contributed by atoms with Gasteiger partial charge in [0, 0.05) is 30.2 Å². The lowest BCUT2D eigenvalue weighted by atomic mass is 10.1. The summed E-state index contributed by atoms with van der Waals surface area (Å²) in [6.45, 7) is 3.40. The Kier molecular flexibility index (Phi) is 4.90. The lowest BCUT2D eigenvalue weighted by molar-refractivity contribution is -0.120. The van der Waals surface area contributed by atoms with Crippen LogP contribution in [0.25, 0.3) is 22.0 Å². The molecule has 0 bridgehead atoms. The predicted octanol–water partition coefficient (Wildman–Crippen LogP) is 1.53. The summed E-state index contributed by atoms with van der Waals surface area (Å²) in [5.41, 5.74) is 2.81. The fourth-order valence-corrected chi connectivity index (χ4v) is 3.03. The highest BCUT2D eigenvalue weighted by Crippen LogP contribution is 2.22. The molecule has 1 fully saturated rings. The van der Waals surface area contributed by atoms with Crippen LogP contribution in [0.4, 0.5) is 0 Å². The number of rotatable bonds is 5. The number of benzene rings is 1. The minimum absolute atomic E-state index is 0.126. The second-order valence-electron chi connectivity index (χ2n) is 6.29. The smallest absolute Gasteiger partial charge is 0.154 e. The van der Waals surface area contributed by atoms with E-state index in [1.165, 1.54) is 0 Å². The normalized spacial score (nSPS) is 15.2. The quantitative estimate of drug-likeness (QED) is 0.691. The van der Waals surface area contributed by atoms with E-state index in [4.69, 9.17) is 4.74 Å². The number of hydrogen-bond donors (Lipinski definition) is 0. The molecule has 0 aliphatic carbocycles. The van der Waals surface area contributed by atoms with E-state index in [2.05, 4.69) is 25.1 Å². The van der Waals surface area contributed by atoms with Gasteiger partial charge in [0.05, 0.1) is 44.1 Å². The van der Waals surface area contributed by atoms with Crippen molar-refractivity contribution in [2.45, 2.75) is 6.42 Å². The van der Waals surface area contributed by atoms with Crippen LogP contribution < -0.4 is 0 Å². The number of carbonyl (C=O) groups excluding carboxylic acids is 1. The molecule has 132 valence electrons. The zero-order valence-electron chi connectivity index (χ0n) is 14.3. The molecule has 3 heterocycles. The van der Waals surface area contributed by atoms with E-state index in [0.29, 0.717) is 25.6 Å². The molecule has 1 aromatic carbocycles. The molecule has 0 spiro atoms. The van der Waals surface area contributed by atoms with Crippen molar-refractivity contribution in [3.63, 3.8) is 0 Å².